The summed E-state index contributed by atoms with van der Waals surface area (Å²) < 4.78 is 21.6. The third-order valence-electron chi connectivity index (χ3n) is 3.34. The molecule has 1 amide bonds. The maximum atomic E-state index is 13.3. The average Bonchev–Trinajstić information content (AvgIpc) is 2.62. The summed E-state index contributed by atoms with van der Waals surface area (Å²) in [5, 5.41) is 2.73. The molecule has 0 heterocycles. The van der Waals surface area contributed by atoms with Crippen LogP contribution in [0, 0.1) is 12.7 Å². The maximum absolute atomic E-state index is 13.3. The molecule has 0 saturated heterocycles. The summed E-state index contributed by atoms with van der Waals surface area (Å²) in [5.41, 5.74) is 2.01. The smallest absolute Gasteiger partial charge is 0.257 e. The van der Waals surface area contributed by atoms with Crippen LogP contribution in [0.1, 0.15) is 12.0 Å². The Morgan fingerprint density at radius 2 is 2.00 bits per heavy atom. The molecule has 2 aromatic carbocycles. The van der Waals surface area contributed by atoms with Crippen LogP contribution in [0.5, 0.6) is 5.75 Å². The van der Waals surface area contributed by atoms with Gasteiger partial charge < -0.3 is 14.8 Å². The van der Waals surface area contributed by atoms with Gasteiger partial charge in [0.1, 0.15) is 11.6 Å². The van der Waals surface area contributed by atoms with E-state index < -0.39 is 5.82 Å². The summed E-state index contributed by atoms with van der Waals surface area (Å²) in [6, 6.07) is 12.2. The largest absolute Gasteiger partial charge is 0.484 e. The Morgan fingerprint density at radius 1 is 1.27 bits per heavy atom. The highest BCUT2D eigenvalue weighted by Gasteiger charge is 2.06. The summed E-state index contributed by atoms with van der Waals surface area (Å²) in [6.45, 7) is 6.20. The molecule has 7 heteroatoms. The van der Waals surface area contributed by atoms with Gasteiger partial charge in [0.25, 0.3) is 5.91 Å². The maximum Gasteiger partial charge on any atom is 0.257 e. The van der Waals surface area contributed by atoms with Crippen molar-refractivity contribution in [2.24, 2.45) is 0 Å². The first-order chi connectivity index (χ1) is 12.4. The zero-order valence-corrected chi connectivity index (χ0v) is 15.9. The van der Waals surface area contributed by atoms with Gasteiger partial charge in [-0.1, -0.05) is 35.9 Å². The van der Waals surface area contributed by atoms with E-state index in [0.29, 0.717) is 13.0 Å². The molecule has 4 nitrogen and oxygen atoms in total. The van der Waals surface area contributed by atoms with E-state index in [2.05, 4.69) is 16.6 Å². The van der Waals surface area contributed by atoms with Gasteiger partial charge in [0.2, 0.25) is 0 Å². The lowest BCUT2D eigenvalue weighted by Crippen LogP contribution is -2.30. The Morgan fingerprint density at radius 3 is 2.69 bits per heavy atom. The van der Waals surface area contributed by atoms with E-state index in [-0.39, 0.29) is 23.3 Å². The van der Waals surface area contributed by atoms with Gasteiger partial charge in [-0.15, -0.1) is 0 Å². The molecule has 0 aliphatic carbocycles. The highest BCUT2D eigenvalue weighted by molar-refractivity contribution is 7.97. The van der Waals surface area contributed by atoms with Crippen molar-refractivity contribution in [2.45, 2.75) is 18.2 Å². The minimum Gasteiger partial charge on any atom is -0.484 e. The van der Waals surface area contributed by atoms with Crippen molar-refractivity contribution in [1.29, 1.82) is 0 Å². The molecule has 0 aliphatic heterocycles. The summed E-state index contributed by atoms with van der Waals surface area (Å²) in [4.78, 5) is 12.8. The summed E-state index contributed by atoms with van der Waals surface area (Å²) in [7, 11) is 0. The number of carbonyl (C=O) groups excluding carboxylic acids is 1. The quantitative estimate of drug-likeness (QED) is 0.615. The van der Waals surface area contributed by atoms with Crippen molar-refractivity contribution >= 4 is 29.5 Å². The summed E-state index contributed by atoms with van der Waals surface area (Å²) in [5.74, 6) is -0.625. The molecule has 0 aliphatic rings. The second kappa shape index (κ2) is 10.1. The number of amides is 1. The Balaban J connectivity index is 1.62. The van der Waals surface area contributed by atoms with Crippen molar-refractivity contribution in [3.05, 3.63) is 71.1 Å². The summed E-state index contributed by atoms with van der Waals surface area (Å²) in [6.07, 6.45) is 0.584. The SMILES string of the molecule is C=C(CCNC(=O)COc1ccc(Cl)c(F)c1)NSc1ccc(C)cc1. The molecule has 138 valence electrons. The van der Waals surface area contributed by atoms with Crippen LogP contribution in [-0.2, 0) is 4.79 Å². The van der Waals surface area contributed by atoms with Crippen LogP contribution in [0.3, 0.4) is 0 Å². The van der Waals surface area contributed by atoms with Crippen LogP contribution < -0.4 is 14.8 Å². The van der Waals surface area contributed by atoms with E-state index in [1.165, 1.54) is 29.6 Å². The van der Waals surface area contributed by atoms with Crippen LogP contribution in [-0.4, -0.2) is 19.1 Å². The van der Waals surface area contributed by atoms with Gasteiger partial charge in [-0.25, -0.2) is 4.39 Å². The molecule has 0 spiro atoms. The number of benzene rings is 2. The molecular weight excluding hydrogens is 375 g/mol. The minimum absolute atomic E-state index is 0.0105. The van der Waals surface area contributed by atoms with E-state index in [4.69, 9.17) is 16.3 Å². The first-order valence-electron chi connectivity index (χ1n) is 7.96. The zero-order chi connectivity index (χ0) is 18.9. The van der Waals surface area contributed by atoms with Crippen LogP contribution in [0.25, 0.3) is 0 Å². The fraction of sp³-hybridized carbons (Fsp3) is 0.211. The van der Waals surface area contributed by atoms with E-state index in [1.807, 2.05) is 31.2 Å². The molecule has 0 radical (unpaired) electrons. The number of aryl methyl sites for hydroxylation is 1. The van der Waals surface area contributed by atoms with Gasteiger partial charge in [0, 0.05) is 29.6 Å². The number of rotatable bonds is 9. The number of hydrogen-bond donors (Lipinski definition) is 2. The monoisotopic (exact) mass is 394 g/mol. The second-order valence-electron chi connectivity index (χ2n) is 5.59. The van der Waals surface area contributed by atoms with Gasteiger partial charge in [0.15, 0.2) is 6.61 Å². The fourth-order valence-electron chi connectivity index (χ4n) is 1.91. The lowest BCUT2D eigenvalue weighted by molar-refractivity contribution is -0.123. The molecule has 2 aromatic rings. The predicted octanol–water partition coefficient (Wildman–Crippen LogP) is 4.48. The predicted molar refractivity (Wildman–Crippen MR) is 104 cm³/mol. The van der Waals surface area contributed by atoms with E-state index in [0.717, 1.165) is 16.7 Å². The molecule has 2 rings (SSSR count). The number of halogens is 2. The van der Waals surface area contributed by atoms with E-state index >= 15 is 0 Å². The molecule has 0 saturated carbocycles. The van der Waals surface area contributed by atoms with Crippen LogP contribution in [0.15, 0.2) is 59.6 Å². The normalized spacial score (nSPS) is 10.3. The topological polar surface area (TPSA) is 50.4 Å². The number of nitrogens with one attached hydrogen (secondary N) is 2. The van der Waals surface area contributed by atoms with Crippen molar-refractivity contribution in [3.63, 3.8) is 0 Å². The number of hydrogen-bond acceptors (Lipinski definition) is 4. The first-order valence-corrected chi connectivity index (χ1v) is 9.15. The number of ether oxygens (including phenoxy) is 1. The van der Waals surface area contributed by atoms with Gasteiger partial charge in [-0.3, -0.25) is 4.79 Å². The van der Waals surface area contributed by atoms with Crippen molar-refractivity contribution < 1.29 is 13.9 Å². The standard InChI is InChI=1S/C19H20ClFN2O2S/c1-13-3-6-16(7-4-13)26-23-14(2)9-10-22-19(24)12-25-15-5-8-17(20)18(21)11-15/h3-8,11,23H,2,9-10,12H2,1H3,(H,22,24). The lowest BCUT2D eigenvalue weighted by atomic mass is 10.2. The average molecular weight is 395 g/mol. The van der Waals surface area contributed by atoms with Crippen LogP contribution in [0.4, 0.5) is 4.39 Å². The molecular formula is C19H20ClFN2O2S. The third-order valence-corrected chi connectivity index (χ3v) is 4.55. The van der Waals surface area contributed by atoms with Crippen LogP contribution in [0.2, 0.25) is 5.02 Å². The van der Waals surface area contributed by atoms with E-state index in [1.54, 1.807) is 0 Å². The Kier molecular flexibility index (Phi) is 7.81. The Labute approximate surface area is 161 Å². The third kappa shape index (κ3) is 6.98. The molecule has 0 aromatic heterocycles. The Hall–Kier alpha value is -2.18. The minimum atomic E-state index is -0.585. The molecule has 0 atom stereocenters. The Bertz CT molecular complexity index is 769. The molecule has 0 unspecified atom stereocenters. The molecule has 0 fully saturated rings. The fourth-order valence-corrected chi connectivity index (χ4v) is 2.66. The summed E-state index contributed by atoms with van der Waals surface area (Å²) >= 11 is 7.06. The second-order valence-corrected chi connectivity index (χ2v) is 6.87. The van der Waals surface area contributed by atoms with Gasteiger partial charge in [0.05, 0.1) is 5.02 Å². The zero-order valence-electron chi connectivity index (χ0n) is 14.4. The van der Waals surface area contributed by atoms with Crippen LogP contribution >= 0.6 is 23.5 Å². The first kappa shape index (κ1) is 20.1. The van der Waals surface area contributed by atoms with Gasteiger partial charge in [-0.2, -0.15) is 0 Å². The molecule has 0 bridgehead atoms. The van der Waals surface area contributed by atoms with Gasteiger partial charge >= 0.3 is 0 Å². The molecule has 26 heavy (non-hydrogen) atoms. The van der Waals surface area contributed by atoms with Gasteiger partial charge in [-0.05, 0) is 43.1 Å². The molecule has 2 N–H and O–H groups in total. The lowest BCUT2D eigenvalue weighted by Gasteiger charge is -2.10. The van der Waals surface area contributed by atoms with E-state index in [9.17, 15) is 9.18 Å². The van der Waals surface area contributed by atoms with Crippen molar-refractivity contribution in [3.8, 4) is 5.75 Å². The number of carbonyl (C=O) groups is 1. The van der Waals surface area contributed by atoms with Crippen molar-refractivity contribution in [1.82, 2.24) is 10.0 Å². The highest BCUT2D eigenvalue weighted by atomic mass is 35.5. The van der Waals surface area contributed by atoms with Crippen molar-refractivity contribution in [2.75, 3.05) is 13.2 Å². The highest BCUT2D eigenvalue weighted by Crippen LogP contribution is 2.20.